The minimum Gasteiger partial charge on any atom is -0.474 e. The molecule has 1 aromatic carbocycles. The van der Waals surface area contributed by atoms with E-state index in [1.54, 1.807) is 0 Å². The van der Waals surface area contributed by atoms with Crippen LogP contribution in [0, 0.1) is 0 Å². The lowest BCUT2D eigenvalue weighted by Crippen LogP contribution is -2.34. The third-order valence-corrected chi connectivity index (χ3v) is 2.88. The normalized spacial score (nSPS) is 12.2. The van der Waals surface area contributed by atoms with E-state index in [1.165, 1.54) is 0 Å². The van der Waals surface area contributed by atoms with Crippen LogP contribution in [0.4, 0.5) is 8.78 Å². The number of hydrogen-bond donors (Lipinski definition) is 1. The van der Waals surface area contributed by atoms with Crippen LogP contribution in [0.15, 0.2) is 29.2 Å². The smallest absolute Gasteiger partial charge is 0.474 e. The van der Waals surface area contributed by atoms with Crippen molar-refractivity contribution in [3.05, 3.63) is 24.3 Å². The summed E-state index contributed by atoms with van der Waals surface area (Å²) in [5.74, 6) is -2.87. The van der Waals surface area contributed by atoms with Crippen molar-refractivity contribution in [2.24, 2.45) is 0 Å². The minimum absolute atomic E-state index is 0.0801. The van der Waals surface area contributed by atoms with Crippen LogP contribution in [0.5, 0.6) is 5.75 Å². The molecule has 94 valence electrons. The lowest BCUT2D eigenvalue weighted by molar-refractivity contribution is -0.210. The van der Waals surface area contributed by atoms with E-state index in [0.29, 0.717) is 0 Å². The van der Waals surface area contributed by atoms with Gasteiger partial charge < -0.3 is 9.84 Å². The first-order valence-corrected chi connectivity index (χ1v) is 6.12. The van der Waals surface area contributed by atoms with Crippen LogP contribution in [0.3, 0.4) is 0 Å². The monoisotopic (exact) mass is 266 g/mol. The molecule has 0 amide bonds. The zero-order chi connectivity index (χ0) is 13.3. The van der Waals surface area contributed by atoms with Crippen LogP contribution in [0.2, 0.25) is 0 Å². The molecule has 0 saturated carbocycles. The van der Waals surface area contributed by atoms with Gasteiger partial charge in [-0.05, 0) is 24.3 Å². The van der Waals surface area contributed by atoms with E-state index in [0.717, 1.165) is 30.5 Å². The summed E-state index contributed by atoms with van der Waals surface area (Å²) in [5, 5.41) is 8.12. The highest BCUT2D eigenvalue weighted by atomic mass is 32.2. The van der Waals surface area contributed by atoms with Gasteiger partial charge in [-0.25, -0.2) is 13.2 Å². The summed E-state index contributed by atoms with van der Waals surface area (Å²) in [6.07, 6.45) is -3.40. The van der Waals surface area contributed by atoms with Crippen molar-refractivity contribution in [2.45, 2.75) is 11.0 Å². The van der Waals surface area contributed by atoms with Crippen molar-refractivity contribution < 1.29 is 31.8 Å². The number of aliphatic carboxylic acids is 1. The Hall–Kier alpha value is -1.70. The molecule has 5 nitrogen and oxygen atoms in total. The van der Waals surface area contributed by atoms with Crippen LogP contribution in [-0.4, -0.2) is 31.9 Å². The first kappa shape index (κ1) is 13.4. The average molecular weight is 266 g/mol. The first-order valence-electron chi connectivity index (χ1n) is 4.23. The number of sulfone groups is 1. The fraction of sp³-hybridized carbons (Fsp3) is 0.222. The Morgan fingerprint density at radius 2 is 1.76 bits per heavy atom. The molecule has 8 heteroatoms. The average Bonchev–Trinajstić information content (AvgIpc) is 2.16. The van der Waals surface area contributed by atoms with Crippen LogP contribution in [-0.2, 0) is 14.6 Å². The fourth-order valence-corrected chi connectivity index (χ4v) is 1.58. The molecule has 0 bridgehead atoms. The summed E-state index contributed by atoms with van der Waals surface area (Å²) in [4.78, 5) is 10.0. The molecule has 0 aliphatic rings. The first-order chi connectivity index (χ1) is 7.63. The predicted octanol–water partition coefficient (Wildman–Crippen LogP) is 1.15. The van der Waals surface area contributed by atoms with Crippen LogP contribution in [0.1, 0.15) is 0 Å². The van der Waals surface area contributed by atoms with E-state index in [-0.39, 0.29) is 4.90 Å². The molecule has 0 aliphatic carbocycles. The van der Waals surface area contributed by atoms with Crippen molar-refractivity contribution in [1.82, 2.24) is 0 Å². The number of benzene rings is 1. The van der Waals surface area contributed by atoms with Crippen molar-refractivity contribution in [1.29, 1.82) is 0 Å². The third kappa shape index (κ3) is 3.38. The lowest BCUT2D eigenvalue weighted by Gasteiger charge is -2.13. The largest absolute Gasteiger partial charge is 0.501 e. The lowest BCUT2D eigenvalue weighted by atomic mass is 10.3. The van der Waals surface area contributed by atoms with Gasteiger partial charge in [0.2, 0.25) is 0 Å². The quantitative estimate of drug-likeness (QED) is 0.884. The number of carbonyl (C=O) groups is 1. The maximum atomic E-state index is 12.6. The van der Waals surface area contributed by atoms with Gasteiger partial charge in [0.1, 0.15) is 5.75 Å². The van der Waals surface area contributed by atoms with Crippen molar-refractivity contribution >= 4 is 15.8 Å². The molecule has 1 aromatic rings. The molecule has 0 spiro atoms. The van der Waals surface area contributed by atoms with Gasteiger partial charge in [-0.3, -0.25) is 0 Å². The third-order valence-electron chi connectivity index (χ3n) is 1.75. The zero-order valence-electron chi connectivity index (χ0n) is 8.55. The van der Waals surface area contributed by atoms with Gasteiger partial charge >= 0.3 is 12.1 Å². The molecular formula is C9H8F2O5S. The second-order valence-corrected chi connectivity index (χ2v) is 5.18. The Labute approximate surface area is 95.6 Å². The van der Waals surface area contributed by atoms with Gasteiger partial charge in [0, 0.05) is 6.26 Å². The van der Waals surface area contributed by atoms with E-state index in [1.807, 2.05) is 0 Å². The van der Waals surface area contributed by atoms with Gasteiger partial charge in [-0.2, -0.15) is 8.78 Å². The Bertz CT molecular complexity index is 521. The highest BCUT2D eigenvalue weighted by Gasteiger charge is 2.42. The summed E-state index contributed by atoms with van der Waals surface area (Å²) in [6.45, 7) is 0. The second-order valence-electron chi connectivity index (χ2n) is 3.17. The Morgan fingerprint density at radius 3 is 2.12 bits per heavy atom. The van der Waals surface area contributed by atoms with Crippen LogP contribution >= 0.6 is 0 Å². The second kappa shape index (κ2) is 4.28. The number of ether oxygens (including phenoxy) is 1. The minimum atomic E-state index is -4.35. The SMILES string of the molecule is CS(=O)(=O)c1ccc(OC(F)(F)C(=O)O)cc1. The number of alkyl halides is 2. The molecule has 0 atom stereocenters. The summed E-state index contributed by atoms with van der Waals surface area (Å²) >= 11 is 0. The van der Waals surface area contributed by atoms with Crippen LogP contribution < -0.4 is 4.74 Å². The molecular weight excluding hydrogens is 258 g/mol. The predicted molar refractivity (Wildman–Crippen MR) is 52.8 cm³/mol. The topological polar surface area (TPSA) is 80.7 Å². The van der Waals surface area contributed by atoms with Gasteiger partial charge in [0.25, 0.3) is 0 Å². The molecule has 1 N–H and O–H groups in total. The van der Waals surface area contributed by atoms with Gasteiger partial charge in [0.05, 0.1) is 4.90 Å². The van der Waals surface area contributed by atoms with E-state index < -0.39 is 27.7 Å². The molecule has 0 aromatic heterocycles. The summed E-state index contributed by atoms with van der Waals surface area (Å²) in [6, 6.07) is 3.99. The molecule has 0 radical (unpaired) electrons. The molecule has 0 unspecified atom stereocenters. The molecule has 0 saturated heterocycles. The standard InChI is InChI=1S/C9H8F2O5S/c1-17(14,15)7-4-2-6(3-5-7)16-9(10,11)8(12)13/h2-5H,1H3,(H,12,13). The number of carboxylic acids is 1. The van der Waals surface area contributed by atoms with Gasteiger partial charge in [0.15, 0.2) is 9.84 Å². The fourth-order valence-electron chi connectivity index (χ4n) is 0.947. The van der Waals surface area contributed by atoms with Crippen molar-refractivity contribution in [2.75, 3.05) is 6.26 Å². The maximum absolute atomic E-state index is 12.6. The molecule has 0 aliphatic heterocycles. The molecule has 17 heavy (non-hydrogen) atoms. The number of rotatable bonds is 4. The number of carboxylic acid groups (broad SMARTS) is 1. The van der Waals surface area contributed by atoms with E-state index in [9.17, 15) is 22.0 Å². The zero-order valence-corrected chi connectivity index (χ0v) is 9.37. The van der Waals surface area contributed by atoms with Gasteiger partial charge in [-0.15, -0.1) is 0 Å². The van der Waals surface area contributed by atoms with E-state index in [4.69, 9.17) is 5.11 Å². The molecule has 1 rings (SSSR count). The van der Waals surface area contributed by atoms with E-state index in [2.05, 4.69) is 4.74 Å². The summed E-state index contributed by atoms with van der Waals surface area (Å²) in [5.41, 5.74) is 0. The van der Waals surface area contributed by atoms with Gasteiger partial charge in [-0.1, -0.05) is 0 Å². The Balaban J connectivity index is 2.94. The number of halogens is 2. The summed E-state index contributed by atoms with van der Waals surface area (Å²) < 4.78 is 51.3. The van der Waals surface area contributed by atoms with E-state index >= 15 is 0 Å². The highest BCUT2D eigenvalue weighted by Crippen LogP contribution is 2.23. The molecule has 0 heterocycles. The van der Waals surface area contributed by atoms with Crippen LogP contribution in [0.25, 0.3) is 0 Å². The number of hydrogen-bond acceptors (Lipinski definition) is 4. The highest BCUT2D eigenvalue weighted by molar-refractivity contribution is 7.90. The summed E-state index contributed by atoms with van der Waals surface area (Å²) in [7, 11) is -3.44. The Morgan fingerprint density at radius 1 is 1.29 bits per heavy atom. The molecule has 0 fully saturated rings. The van der Waals surface area contributed by atoms with Crippen molar-refractivity contribution in [3.8, 4) is 5.75 Å². The maximum Gasteiger partial charge on any atom is 0.501 e. The Kier molecular flexibility index (Phi) is 3.37. The van der Waals surface area contributed by atoms with Crippen molar-refractivity contribution in [3.63, 3.8) is 0 Å².